The van der Waals surface area contributed by atoms with Crippen LogP contribution in [0.4, 0.5) is 0 Å². The summed E-state index contributed by atoms with van der Waals surface area (Å²) in [6, 6.07) is 16.4. The Balaban J connectivity index is 1.78. The smallest absolute Gasteiger partial charge is 0.349 e. The third kappa shape index (κ3) is 3.57. The first kappa shape index (κ1) is 16.5. The molecule has 0 aliphatic rings. The highest BCUT2D eigenvalue weighted by molar-refractivity contribution is 7.12. The molecular weight excluding hydrogens is 316 g/mol. The number of ether oxygens (including phenoxy) is 1. The van der Waals surface area contributed by atoms with Gasteiger partial charge in [-0.2, -0.15) is 0 Å². The zero-order chi connectivity index (χ0) is 17.1. The summed E-state index contributed by atoms with van der Waals surface area (Å²) < 4.78 is 5.57. The van der Waals surface area contributed by atoms with Crippen LogP contribution in [0.25, 0.3) is 11.1 Å². The average molecular weight is 336 g/mol. The van der Waals surface area contributed by atoms with E-state index in [0.29, 0.717) is 11.5 Å². The molecule has 0 saturated carbocycles. The van der Waals surface area contributed by atoms with Crippen molar-refractivity contribution in [1.29, 1.82) is 0 Å². The van der Waals surface area contributed by atoms with Crippen molar-refractivity contribution in [2.24, 2.45) is 0 Å². The number of esters is 1. The molecule has 0 saturated heterocycles. The van der Waals surface area contributed by atoms with Crippen LogP contribution < -0.4 is 0 Å². The summed E-state index contributed by atoms with van der Waals surface area (Å²) in [5.41, 5.74) is 6.54. The zero-order valence-corrected chi connectivity index (χ0v) is 14.9. The van der Waals surface area contributed by atoms with Gasteiger partial charge in [0.2, 0.25) is 0 Å². The molecule has 3 rings (SSSR count). The summed E-state index contributed by atoms with van der Waals surface area (Å²) in [5, 5.41) is 1.93. The second kappa shape index (κ2) is 7.02. The van der Waals surface area contributed by atoms with Gasteiger partial charge in [0, 0.05) is 5.56 Å². The zero-order valence-electron chi connectivity index (χ0n) is 14.1. The van der Waals surface area contributed by atoms with E-state index in [0.717, 1.165) is 22.3 Å². The van der Waals surface area contributed by atoms with Gasteiger partial charge in [-0.15, -0.1) is 11.3 Å². The molecule has 0 aliphatic carbocycles. The van der Waals surface area contributed by atoms with Crippen LogP contribution in [0.15, 0.2) is 53.9 Å². The Hall–Kier alpha value is -2.39. The van der Waals surface area contributed by atoms with Crippen molar-refractivity contribution in [3.8, 4) is 11.1 Å². The maximum atomic E-state index is 12.5. The summed E-state index contributed by atoms with van der Waals surface area (Å²) in [4.78, 5) is 13.2. The lowest BCUT2D eigenvalue weighted by Gasteiger charge is -2.09. The highest BCUT2D eigenvalue weighted by Gasteiger charge is 2.16. The van der Waals surface area contributed by atoms with Gasteiger partial charge in [0.05, 0.1) is 0 Å². The van der Waals surface area contributed by atoms with E-state index in [1.165, 1.54) is 22.5 Å². The van der Waals surface area contributed by atoms with Gasteiger partial charge in [0.15, 0.2) is 0 Å². The third-order valence-corrected chi connectivity index (χ3v) is 4.97. The molecule has 0 fully saturated rings. The van der Waals surface area contributed by atoms with Gasteiger partial charge in [-0.3, -0.25) is 0 Å². The molecule has 0 unspecified atom stereocenters. The van der Waals surface area contributed by atoms with Crippen LogP contribution >= 0.6 is 11.3 Å². The Morgan fingerprint density at radius 2 is 1.67 bits per heavy atom. The monoisotopic (exact) mass is 336 g/mol. The maximum absolute atomic E-state index is 12.5. The molecule has 0 aliphatic heterocycles. The lowest BCUT2D eigenvalue weighted by atomic mass is 10.1. The average Bonchev–Trinajstić information content (AvgIpc) is 3.06. The number of hydrogen-bond donors (Lipinski definition) is 0. The first-order valence-corrected chi connectivity index (χ1v) is 8.80. The third-order valence-electron chi connectivity index (χ3n) is 4.08. The van der Waals surface area contributed by atoms with Crippen molar-refractivity contribution in [1.82, 2.24) is 0 Å². The van der Waals surface area contributed by atoms with Gasteiger partial charge < -0.3 is 4.74 Å². The SMILES string of the molecule is Cc1ccc(-c2ccsc2C(=O)OCc2cc(C)ccc2C)cc1. The lowest BCUT2D eigenvalue weighted by Crippen LogP contribution is -2.05. The number of carbonyl (C=O) groups is 1. The summed E-state index contributed by atoms with van der Waals surface area (Å²) >= 11 is 1.42. The normalized spacial score (nSPS) is 10.6. The first-order valence-electron chi connectivity index (χ1n) is 7.92. The van der Waals surface area contributed by atoms with Crippen LogP contribution in [-0.2, 0) is 11.3 Å². The first-order chi connectivity index (χ1) is 11.5. The van der Waals surface area contributed by atoms with Crippen LogP contribution in [0.2, 0.25) is 0 Å². The van der Waals surface area contributed by atoms with Crippen molar-refractivity contribution >= 4 is 17.3 Å². The van der Waals surface area contributed by atoms with Gasteiger partial charge >= 0.3 is 5.97 Å². The second-order valence-electron chi connectivity index (χ2n) is 6.04. The molecule has 2 aromatic carbocycles. The van der Waals surface area contributed by atoms with Crippen LogP contribution in [0.5, 0.6) is 0 Å². The van der Waals surface area contributed by atoms with Crippen molar-refractivity contribution < 1.29 is 9.53 Å². The second-order valence-corrected chi connectivity index (χ2v) is 6.95. The predicted octanol–water partition coefficient (Wildman–Crippen LogP) is 5.70. The highest BCUT2D eigenvalue weighted by Crippen LogP contribution is 2.29. The van der Waals surface area contributed by atoms with E-state index < -0.39 is 0 Å². The molecule has 3 heteroatoms. The van der Waals surface area contributed by atoms with Gasteiger partial charge in [0.25, 0.3) is 0 Å². The van der Waals surface area contributed by atoms with Crippen molar-refractivity contribution in [3.05, 3.63) is 81.0 Å². The predicted molar refractivity (Wildman–Crippen MR) is 99.5 cm³/mol. The van der Waals surface area contributed by atoms with E-state index in [9.17, 15) is 4.79 Å². The molecule has 122 valence electrons. The standard InChI is InChI=1S/C21H20O2S/c1-14-5-8-17(9-6-14)19-10-11-24-20(19)21(22)23-13-18-12-15(2)4-7-16(18)3/h4-12H,13H2,1-3H3. The molecule has 0 spiro atoms. The topological polar surface area (TPSA) is 26.3 Å². The molecule has 1 aromatic heterocycles. The fraction of sp³-hybridized carbons (Fsp3) is 0.190. The van der Waals surface area contributed by atoms with Gasteiger partial charge in [-0.1, -0.05) is 53.6 Å². The molecule has 0 amide bonds. The molecule has 3 aromatic rings. The van der Waals surface area contributed by atoms with Gasteiger partial charge in [-0.05, 0) is 48.9 Å². The van der Waals surface area contributed by atoms with Crippen molar-refractivity contribution in [3.63, 3.8) is 0 Å². The van der Waals surface area contributed by atoms with Crippen LogP contribution in [0.3, 0.4) is 0 Å². The number of hydrogen-bond acceptors (Lipinski definition) is 3. The van der Waals surface area contributed by atoms with Crippen molar-refractivity contribution in [2.45, 2.75) is 27.4 Å². The van der Waals surface area contributed by atoms with E-state index in [1.807, 2.05) is 37.4 Å². The Bertz CT molecular complexity index is 860. The van der Waals surface area contributed by atoms with Crippen LogP contribution in [-0.4, -0.2) is 5.97 Å². The van der Waals surface area contributed by atoms with E-state index in [2.05, 4.69) is 37.3 Å². The molecule has 0 radical (unpaired) electrons. The number of benzene rings is 2. The lowest BCUT2D eigenvalue weighted by molar-refractivity contribution is 0.0478. The summed E-state index contributed by atoms with van der Waals surface area (Å²) in [7, 11) is 0. The van der Waals surface area contributed by atoms with E-state index in [-0.39, 0.29) is 5.97 Å². The summed E-state index contributed by atoms with van der Waals surface area (Å²) in [6.45, 7) is 6.43. The molecule has 0 N–H and O–H groups in total. The Morgan fingerprint density at radius 3 is 2.42 bits per heavy atom. The van der Waals surface area contributed by atoms with E-state index in [4.69, 9.17) is 4.74 Å². The minimum absolute atomic E-state index is 0.263. The molecule has 0 atom stereocenters. The number of aryl methyl sites for hydroxylation is 3. The largest absolute Gasteiger partial charge is 0.457 e. The molecular formula is C21H20O2S. The molecule has 0 bridgehead atoms. The minimum atomic E-state index is -0.263. The van der Waals surface area contributed by atoms with Crippen molar-refractivity contribution in [2.75, 3.05) is 0 Å². The van der Waals surface area contributed by atoms with Crippen LogP contribution in [0.1, 0.15) is 31.9 Å². The Labute approximate surface area is 146 Å². The fourth-order valence-corrected chi connectivity index (χ4v) is 3.40. The molecule has 1 heterocycles. The van der Waals surface area contributed by atoms with E-state index in [1.54, 1.807) is 0 Å². The maximum Gasteiger partial charge on any atom is 0.349 e. The Morgan fingerprint density at radius 1 is 0.958 bits per heavy atom. The number of rotatable bonds is 4. The summed E-state index contributed by atoms with van der Waals surface area (Å²) in [5.74, 6) is -0.263. The highest BCUT2D eigenvalue weighted by atomic mass is 32.1. The fourth-order valence-electron chi connectivity index (χ4n) is 2.59. The molecule has 24 heavy (non-hydrogen) atoms. The number of carbonyl (C=O) groups excluding carboxylic acids is 1. The van der Waals surface area contributed by atoms with E-state index >= 15 is 0 Å². The minimum Gasteiger partial charge on any atom is -0.457 e. The Kier molecular flexibility index (Phi) is 4.81. The quantitative estimate of drug-likeness (QED) is 0.571. The van der Waals surface area contributed by atoms with Crippen LogP contribution in [0, 0.1) is 20.8 Å². The summed E-state index contributed by atoms with van der Waals surface area (Å²) in [6.07, 6.45) is 0. The number of thiophene rings is 1. The van der Waals surface area contributed by atoms with Gasteiger partial charge in [-0.25, -0.2) is 4.79 Å². The molecule has 2 nitrogen and oxygen atoms in total. The van der Waals surface area contributed by atoms with Gasteiger partial charge in [0.1, 0.15) is 11.5 Å².